The summed E-state index contributed by atoms with van der Waals surface area (Å²) in [5, 5.41) is 0.662. The van der Waals surface area contributed by atoms with Crippen LogP contribution in [-0.2, 0) is 4.79 Å². The van der Waals surface area contributed by atoms with E-state index in [9.17, 15) is 9.18 Å². The van der Waals surface area contributed by atoms with Gasteiger partial charge in [-0.3, -0.25) is 9.69 Å². The number of nitrogen functional groups attached to an aromatic ring is 1. The second kappa shape index (κ2) is 11.6. The summed E-state index contributed by atoms with van der Waals surface area (Å²) in [4.78, 5) is 32.6. The third kappa shape index (κ3) is 4.99. The van der Waals surface area contributed by atoms with Gasteiger partial charge in [0.2, 0.25) is 5.91 Å². The fraction of sp³-hybridized carbons (Fsp3) is 0.353. The number of amides is 1. The minimum absolute atomic E-state index is 0.0612. The number of anilines is 2. The highest BCUT2D eigenvalue weighted by Crippen LogP contribution is 2.45. The summed E-state index contributed by atoms with van der Waals surface area (Å²) in [6.07, 6.45) is 8.67. The van der Waals surface area contributed by atoms with E-state index in [4.69, 9.17) is 24.9 Å². The topological polar surface area (TPSA) is 114 Å². The summed E-state index contributed by atoms with van der Waals surface area (Å²) < 4.78 is 44.2. The minimum atomic E-state index is -0.617. The van der Waals surface area contributed by atoms with Gasteiger partial charge in [-0.2, -0.15) is 9.97 Å². The van der Waals surface area contributed by atoms with Crippen molar-refractivity contribution in [3.8, 4) is 28.3 Å². The molecule has 0 radical (unpaired) electrons. The smallest absolute Gasteiger partial charge is 0.319 e. The van der Waals surface area contributed by atoms with Crippen LogP contribution in [0.15, 0.2) is 53.9 Å². The predicted molar refractivity (Wildman–Crippen MR) is 177 cm³/mol. The molecule has 0 spiro atoms. The van der Waals surface area contributed by atoms with E-state index in [1.54, 1.807) is 11.0 Å². The summed E-state index contributed by atoms with van der Waals surface area (Å²) in [6.45, 7) is 7.99. The molecule has 0 aliphatic carbocycles. The van der Waals surface area contributed by atoms with Crippen molar-refractivity contribution in [3.63, 3.8) is 0 Å². The Morgan fingerprint density at radius 2 is 1.83 bits per heavy atom. The van der Waals surface area contributed by atoms with Crippen LogP contribution in [-0.4, -0.2) is 82.1 Å². The van der Waals surface area contributed by atoms with Gasteiger partial charge in [0.1, 0.15) is 23.8 Å². The third-order valence-corrected chi connectivity index (χ3v) is 10.7. The van der Waals surface area contributed by atoms with Crippen LogP contribution in [0.5, 0.6) is 6.01 Å². The number of hydrogen-bond acceptors (Lipinski definition) is 10. The van der Waals surface area contributed by atoms with Crippen molar-refractivity contribution in [1.29, 1.82) is 0 Å². The molecule has 0 unspecified atom stereocenters. The summed E-state index contributed by atoms with van der Waals surface area (Å²) in [5.41, 5.74) is 8.00. The van der Waals surface area contributed by atoms with E-state index in [2.05, 4.69) is 16.5 Å². The molecule has 0 bridgehead atoms. The zero-order valence-electron chi connectivity index (χ0n) is 25.7. The molecule has 10 nitrogen and oxygen atoms in total. The zero-order chi connectivity index (χ0) is 32.3. The van der Waals surface area contributed by atoms with Crippen LogP contribution in [0, 0.1) is 11.6 Å². The number of furan rings is 1. The standard InChI is InChI=1S/C34H33F2N7O3S/c1-2-25(44)41-12-14-42(15-13-41)31-23-17-22(20-7-16-45-18-20)26(21-5-6-24(35)30-29(21)38-32(37)47-30)27(36)28(23)39-33(40-31)46-19-34-8-3-10-43(34)11-4-9-34/h2,5-7,16-18H,1,3-4,8-15,19H2,(H2,37,38). The molecular weight excluding hydrogens is 624 g/mol. The number of piperazine rings is 1. The molecule has 47 heavy (non-hydrogen) atoms. The average molecular weight is 658 g/mol. The van der Waals surface area contributed by atoms with E-state index < -0.39 is 11.6 Å². The van der Waals surface area contributed by atoms with Crippen molar-refractivity contribution >= 4 is 49.3 Å². The first kappa shape index (κ1) is 29.8. The molecule has 1 amide bonds. The summed E-state index contributed by atoms with van der Waals surface area (Å²) in [5.74, 6) is -0.719. The van der Waals surface area contributed by atoms with Crippen LogP contribution in [0.3, 0.4) is 0 Å². The minimum Gasteiger partial charge on any atom is -0.472 e. The van der Waals surface area contributed by atoms with Gasteiger partial charge in [0.15, 0.2) is 10.9 Å². The maximum Gasteiger partial charge on any atom is 0.319 e. The van der Waals surface area contributed by atoms with Crippen LogP contribution in [0.2, 0.25) is 0 Å². The van der Waals surface area contributed by atoms with Crippen LogP contribution in [0.25, 0.3) is 43.4 Å². The summed E-state index contributed by atoms with van der Waals surface area (Å²) in [7, 11) is 0. The van der Waals surface area contributed by atoms with Gasteiger partial charge in [0.25, 0.3) is 0 Å². The van der Waals surface area contributed by atoms with E-state index in [0.29, 0.717) is 60.7 Å². The molecule has 13 heteroatoms. The molecular formula is C34H33F2N7O3S. The molecule has 2 aromatic carbocycles. The molecule has 5 aromatic rings. The highest BCUT2D eigenvalue weighted by Gasteiger charge is 2.45. The van der Waals surface area contributed by atoms with E-state index >= 15 is 4.39 Å². The largest absolute Gasteiger partial charge is 0.472 e. The molecule has 8 rings (SSSR count). The molecule has 0 saturated carbocycles. The van der Waals surface area contributed by atoms with Crippen molar-refractivity contribution < 1.29 is 22.7 Å². The van der Waals surface area contributed by atoms with Crippen molar-refractivity contribution in [2.45, 2.75) is 31.2 Å². The molecule has 242 valence electrons. The molecule has 2 N–H and O–H groups in total. The van der Waals surface area contributed by atoms with Crippen LogP contribution in [0.1, 0.15) is 25.7 Å². The fourth-order valence-corrected chi connectivity index (χ4v) is 8.29. The Hall–Kier alpha value is -4.62. The average Bonchev–Trinajstić information content (AvgIpc) is 3.89. The fourth-order valence-electron chi connectivity index (χ4n) is 7.53. The Morgan fingerprint density at radius 3 is 2.55 bits per heavy atom. The van der Waals surface area contributed by atoms with Gasteiger partial charge in [-0.05, 0) is 74.7 Å². The van der Waals surface area contributed by atoms with Crippen molar-refractivity contribution in [2.24, 2.45) is 0 Å². The number of nitrogens with zero attached hydrogens (tertiary/aromatic N) is 6. The molecule has 3 fully saturated rings. The Kier molecular flexibility index (Phi) is 7.32. The number of carbonyl (C=O) groups excluding carboxylic acids is 1. The van der Waals surface area contributed by atoms with Crippen LogP contribution in [0.4, 0.5) is 19.7 Å². The Morgan fingerprint density at radius 1 is 1.04 bits per heavy atom. The first-order valence-electron chi connectivity index (χ1n) is 15.8. The van der Waals surface area contributed by atoms with Gasteiger partial charge in [0, 0.05) is 48.3 Å². The van der Waals surface area contributed by atoms with Crippen LogP contribution < -0.4 is 15.4 Å². The number of ether oxygens (including phenoxy) is 1. The summed E-state index contributed by atoms with van der Waals surface area (Å²) >= 11 is 1.01. The maximum absolute atomic E-state index is 17.3. The van der Waals surface area contributed by atoms with Crippen molar-refractivity contribution in [2.75, 3.05) is 56.5 Å². The number of carbonyl (C=O) groups is 1. The number of fused-ring (bicyclic) bond motifs is 3. The number of aromatic nitrogens is 3. The lowest BCUT2D eigenvalue weighted by Crippen LogP contribution is -2.48. The highest BCUT2D eigenvalue weighted by atomic mass is 32.1. The van der Waals surface area contributed by atoms with Crippen molar-refractivity contribution in [1.82, 2.24) is 24.8 Å². The highest BCUT2D eigenvalue weighted by molar-refractivity contribution is 7.22. The lowest BCUT2D eigenvalue weighted by molar-refractivity contribution is -0.126. The lowest BCUT2D eigenvalue weighted by atomic mass is 9.92. The molecule has 3 aromatic heterocycles. The number of rotatable bonds is 7. The second-order valence-corrected chi connectivity index (χ2v) is 13.4. The third-order valence-electron chi connectivity index (χ3n) is 9.85. The quantitative estimate of drug-likeness (QED) is 0.215. The Balaban J connectivity index is 1.31. The van der Waals surface area contributed by atoms with Gasteiger partial charge in [-0.15, -0.1) is 0 Å². The van der Waals surface area contributed by atoms with Gasteiger partial charge in [0.05, 0.1) is 28.3 Å². The number of halogens is 2. The van der Waals surface area contributed by atoms with E-state index in [1.807, 2.05) is 11.0 Å². The number of nitrogens with two attached hydrogens (primary N) is 1. The Labute approximate surface area is 273 Å². The second-order valence-electron chi connectivity index (χ2n) is 12.4. The van der Waals surface area contributed by atoms with Gasteiger partial charge >= 0.3 is 6.01 Å². The zero-order valence-corrected chi connectivity index (χ0v) is 26.5. The van der Waals surface area contributed by atoms with Crippen LogP contribution >= 0.6 is 11.3 Å². The Bertz CT molecular complexity index is 2010. The van der Waals surface area contributed by atoms with Gasteiger partial charge < -0.3 is 24.7 Å². The first-order valence-corrected chi connectivity index (χ1v) is 16.6. The molecule has 3 aliphatic rings. The van der Waals surface area contributed by atoms with E-state index in [-0.39, 0.29) is 43.9 Å². The predicted octanol–water partition coefficient (Wildman–Crippen LogP) is 5.87. The SMILES string of the molecule is C=CC(=O)N1CCN(c2nc(OCC34CCCN3CCC4)nc3c(F)c(-c4ccc(F)c5sc(N)nc45)c(-c4ccoc4)cc23)CC1. The number of hydrogen-bond donors (Lipinski definition) is 1. The first-order chi connectivity index (χ1) is 22.8. The van der Waals surface area contributed by atoms with Crippen molar-refractivity contribution in [3.05, 3.63) is 61.1 Å². The number of thiazole rings is 1. The molecule has 3 saturated heterocycles. The lowest BCUT2D eigenvalue weighted by Gasteiger charge is -2.35. The summed E-state index contributed by atoms with van der Waals surface area (Å²) in [6, 6.07) is 6.50. The van der Waals surface area contributed by atoms with E-state index in [0.717, 1.165) is 50.1 Å². The van der Waals surface area contributed by atoms with Gasteiger partial charge in [-0.1, -0.05) is 17.9 Å². The molecule has 6 heterocycles. The molecule has 3 aliphatic heterocycles. The molecule has 0 atom stereocenters. The van der Waals surface area contributed by atoms with E-state index in [1.165, 1.54) is 30.7 Å². The number of benzene rings is 2. The van der Waals surface area contributed by atoms with Gasteiger partial charge in [-0.25, -0.2) is 13.8 Å². The monoisotopic (exact) mass is 657 g/mol. The normalized spacial score (nSPS) is 17.9. The maximum atomic E-state index is 17.3.